The van der Waals surface area contributed by atoms with Crippen LogP contribution in [0.1, 0.15) is 10.4 Å². The monoisotopic (exact) mass is 415 g/mol. The molecule has 2 aromatic carbocycles. The van der Waals surface area contributed by atoms with Gasteiger partial charge in [0.25, 0.3) is 5.91 Å². The first kappa shape index (κ1) is 18.6. The van der Waals surface area contributed by atoms with Gasteiger partial charge >= 0.3 is 5.97 Å². The molecule has 0 saturated heterocycles. The van der Waals surface area contributed by atoms with Crippen LogP contribution in [0.5, 0.6) is 11.5 Å². The molecule has 9 heteroatoms. The zero-order chi connectivity index (χ0) is 18.7. The van der Waals surface area contributed by atoms with Gasteiger partial charge in [0.15, 0.2) is 18.1 Å². The van der Waals surface area contributed by atoms with Crippen molar-refractivity contribution in [1.29, 1.82) is 0 Å². The van der Waals surface area contributed by atoms with E-state index in [0.717, 1.165) is 0 Å². The molecule has 0 atom stereocenters. The number of halogens is 3. The van der Waals surface area contributed by atoms with Crippen molar-refractivity contribution in [3.63, 3.8) is 0 Å². The standard InChI is InChI=1S/C17H12Cl3NO5/c18-10-2-3-11(19)16(20)15(10)17(23)26-8-14(22)21-9-1-4-12-13(7-9)25-6-5-24-12/h1-4,7H,5-6,8H2,(H,21,22). The zero-order valence-corrected chi connectivity index (χ0v) is 15.5. The van der Waals surface area contributed by atoms with E-state index in [1.165, 1.54) is 12.1 Å². The molecule has 26 heavy (non-hydrogen) atoms. The van der Waals surface area contributed by atoms with Gasteiger partial charge in [-0.25, -0.2) is 4.79 Å². The molecule has 0 fully saturated rings. The molecule has 1 N–H and O–H groups in total. The fourth-order valence-corrected chi connectivity index (χ4v) is 2.92. The summed E-state index contributed by atoms with van der Waals surface area (Å²) in [6, 6.07) is 7.83. The highest BCUT2D eigenvalue weighted by Crippen LogP contribution is 2.33. The van der Waals surface area contributed by atoms with Gasteiger partial charge < -0.3 is 19.5 Å². The first-order chi connectivity index (χ1) is 12.5. The Balaban J connectivity index is 1.61. The van der Waals surface area contributed by atoms with Crippen LogP contribution in [0.2, 0.25) is 15.1 Å². The molecule has 0 saturated carbocycles. The Bertz CT molecular complexity index is 872. The minimum atomic E-state index is -0.847. The number of hydrogen-bond acceptors (Lipinski definition) is 5. The number of ether oxygens (including phenoxy) is 3. The van der Waals surface area contributed by atoms with E-state index in [0.29, 0.717) is 30.4 Å². The molecular formula is C17H12Cl3NO5. The Morgan fingerprint density at radius 1 is 1.00 bits per heavy atom. The topological polar surface area (TPSA) is 73.9 Å². The van der Waals surface area contributed by atoms with Gasteiger partial charge in [-0.05, 0) is 24.3 Å². The van der Waals surface area contributed by atoms with Crippen LogP contribution in [0.15, 0.2) is 30.3 Å². The molecule has 3 rings (SSSR count). The summed E-state index contributed by atoms with van der Waals surface area (Å²) in [7, 11) is 0. The lowest BCUT2D eigenvalue weighted by molar-refractivity contribution is -0.119. The second-order valence-corrected chi connectivity index (χ2v) is 6.39. The van der Waals surface area contributed by atoms with Crippen LogP contribution in [0.4, 0.5) is 5.69 Å². The predicted octanol–water partition coefficient (Wildman–Crippen LogP) is 4.21. The average molecular weight is 417 g/mol. The van der Waals surface area contributed by atoms with Crippen LogP contribution in [0, 0.1) is 0 Å². The number of amides is 1. The van der Waals surface area contributed by atoms with E-state index in [2.05, 4.69) is 5.32 Å². The minimum absolute atomic E-state index is 0.0311. The molecule has 0 unspecified atom stereocenters. The Morgan fingerprint density at radius 2 is 1.69 bits per heavy atom. The van der Waals surface area contributed by atoms with Gasteiger partial charge in [-0.1, -0.05) is 34.8 Å². The third kappa shape index (κ3) is 4.15. The molecule has 6 nitrogen and oxygen atoms in total. The number of rotatable bonds is 4. The Labute approximate surface area is 163 Å². The van der Waals surface area contributed by atoms with Crippen molar-refractivity contribution in [3.8, 4) is 11.5 Å². The highest BCUT2D eigenvalue weighted by atomic mass is 35.5. The van der Waals surface area contributed by atoms with Crippen LogP contribution in [-0.4, -0.2) is 31.7 Å². The van der Waals surface area contributed by atoms with Crippen LogP contribution < -0.4 is 14.8 Å². The number of esters is 1. The lowest BCUT2D eigenvalue weighted by Gasteiger charge is -2.19. The quantitative estimate of drug-likeness (QED) is 0.597. The van der Waals surface area contributed by atoms with E-state index in [1.54, 1.807) is 18.2 Å². The number of nitrogens with one attached hydrogen (secondary N) is 1. The van der Waals surface area contributed by atoms with Gasteiger partial charge in [0.1, 0.15) is 13.2 Å². The summed E-state index contributed by atoms with van der Waals surface area (Å²) < 4.78 is 15.8. The van der Waals surface area contributed by atoms with Crippen molar-refractivity contribution in [2.45, 2.75) is 0 Å². The van der Waals surface area contributed by atoms with E-state index in [9.17, 15) is 9.59 Å². The maximum atomic E-state index is 12.1. The van der Waals surface area contributed by atoms with Crippen LogP contribution in [-0.2, 0) is 9.53 Å². The van der Waals surface area contributed by atoms with Gasteiger partial charge in [0, 0.05) is 11.8 Å². The Kier molecular flexibility index (Phi) is 5.76. The van der Waals surface area contributed by atoms with E-state index in [-0.39, 0.29) is 20.6 Å². The molecule has 0 aromatic heterocycles. The van der Waals surface area contributed by atoms with Gasteiger partial charge in [-0.2, -0.15) is 0 Å². The van der Waals surface area contributed by atoms with Crippen LogP contribution in [0.3, 0.4) is 0 Å². The maximum absolute atomic E-state index is 12.1. The lowest BCUT2D eigenvalue weighted by atomic mass is 10.2. The summed E-state index contributed by atoms with van der Waals surface area (Å²) in [6.45, 7) is 0.388. The zero-order valence-electron chi connectivity index (χ0n) is 13.2. The van der Waals surface area contributed by atoms with E-state index in [4.69, 9.17) is 49.0 Å². The van der Waals surface area contributed by atoms with Gasteiger partial charge in [-0.3, -0.25) is 4.79 Å². The summed E-state index contributed by atoms with van der Waals surface area (Å²) in [4.78, 5) is 24.1. The molecule has 0 bridgehead atoms. The lowest BCUT2D eigenvalue weighted by Crippen LogP contribution is -2.21. The van der Waals surface area contributed by atoms with Crippen LogP contribution >= 0.6 is 34.8 Å². The molecule has 1 amide bonds. The van der Waals surface area contributed by atoms with Gasteiger partial charge in [-0.15, -0.1) is 0 Å². The van der Waals surface area contributed by atoms with E-state index >= 15 is 0 Å². The summed E-state index contributed by atoms with van der Waals surface area (Å²) in [5.41, 5.74) is 0.391. The number of benzene rings is 2. The Hall–Kier alpha value is -2.15. The maximum Gasteiger partial charge on any atom is 0.341 e. The van der Waals surface area contributed by atoms with Crippen molar-refractivity contribution in [2.24, 2.45) is 0 Å². The number of anilines is 1. The number of fused-ring (bicyclic) bond motifs is 1. The molecule has 0 radical (unpaired) electrons. The Morgan fingerprint density at radius 3 is 2.46 bits per heavy atom. The summed E-state index contributed by atoms with van der Waals surface area (Å²) in [5, 5.41) is 2.80. The smallest absolute Gasteiger partial charge is 0.341 e. The third-order valence-electron chi connectivity index (χ3n) is 3.41. The normalized spacial score (nSPS) is 12.4. The molecule has 136 valence electrons. The number of carbonyl (C=O) groups is 2. The fraction of sp³-hybridized carbons (Fsp3) is 0.176. The SMILES string of the molecule is O=C(COC(=O)c1c(Cl)ccc(Cl)c1Cl)Nc1ccc2c(c1)OCCO2. The highest BCUT2D eigenvalue weighted by molar-refractivity contribution is 6.46. The molecule has 1 aliphatic rings. The fourth-order valence-electron chi connectivity index (χ4n) is 2.24. The second kappa shape index (κ2) is 8.03. The number of carbonyl (C=O) groups excluding carboxylic acids is 2. The predicted molar refractivity (Wildman–Crippen MR) is 97.8 cm³/mol. The molecule has 1 heterocycles. The first-order valence-corrected chi connectivity index (χ1v) is 8.59. The molecule has 1 aliphatic heterocycles. The van der Waals surface area contributed by atoms with Crippen molar-refractivity contribution in [1.82, 2.24) is 0 Å². The largest absolute Gasteiger partial charge is 0.486 e. The van der Waals surface area contributed by atoms with Crippen molar-refractivity contribution < 1.29 is 23.8 Å². The van der Waals surface area contributed by atoms with Gasteiger partial charge in [0.2, 0.25) is 0 Å². The summed E-state index contributed by atoms with van der Waals surface area (Å²) in [6.07, 6.45) is 0. The summed E-state index contributed by atoms with van der Waals surface area (Å²) in [5.74, 6) is -0.251. The minimum Gasteiger partial charge on any atom is -0.486 e. The highest BCUT2D eigenvalue weighted by Gasteiger charge is 2.20. The molecule has 0 aliphatic carbocycles. The van der Waals surface area contributed by atoms with E-state index in [1.807, 2.05) is 0 Å². The third-order valence-corrected chi connectivity index (χ3v) is 4.53. The number of hydrogen-bond donors (Lipinski definition) is 1. The van der Waals surface area contributed by atoms with Crippen molar-refractivity contribution >= 4 is 52.4 Å². The average Bonchev–Trinajstić information content (AvgIpc) is 2.63. The van der Waals surface area contributed by atoms with Gasteiger partial charge in [0.05, 0.1) is 20.6 Å². The van der Waals surface area contributed by atoms with Crippen molar-refractivity contribution in [3.05, 3.63) is 51.0 Å². The first-order valence-electron chi connectivity index (χ1n) is 7.46. The molecular weight excluding hydrogens is 405 g/mol. The van der Waals surface area contributed by atoms with Crippen molar-refractivity contribution in [2.75, 3.05) is 25.1 Å². The molecule has 2 aromatic rings. The van der Waals surface area contributed by atoms with E-state index < -0.39 is 18.5 Å². The van der Waals surface area contributed by atoms with Crippen LogP contribution in [0.25, 0.3) is 0 Å². The molecule has 0 spiro atoms. The second-order valence-electron chi connectivity index (χ2n) is 5.20. The summed E-state index contributed by atoms with van der Waals surface area (Å²) >= 11 is 17.8.